The van der Waals surface area contributed by atoms with Gasteiger partial charge in [-0.15, -0.1) is 0 Å². The smallest absolute Gasteiger partial charge is 0.324 e. The Kier molecular flexibility index (Phi) is 5.22. The van der Waals surface area contributed by atoms with Gasteiger partial charge in [-0.05, 0) is 39.8 Å². The number of likely N-dealkylation sites (N-methyl/N-ethyl adjacent to an activating group) is 1. The fourth-order valence-electron chi connectivity index (χ4n) is 3.03. The Bertz CT molecular complexity index is 391. The van der Waals surface area contributed by atoms with E-state index in [1.54, 1.807) is 13.8 Å². The second-order valence-electron chi connectivity index (χ2n) is 6.55. The molecule has 0 aromatic rings. The number of piperidine rings is 1. The van der Waals surface area contributed by atoms with Crippen molar-refractivity contribution in [3.63, 3.8) is 0 Å². The van der Waals surface area contributed by atoms with E-state index in [0.29, 0.717) is 12.6 Å². The Morgan fingerprint density at radius 3 is 2.62 bits per heavy atom. The Morgan fingerprint density at radius 1 is 1.33 bits per heavy atom. The van der Waals surface area contributed by atoms with Crippen molar-refractivity contribution in [3.05, 3.63) is 0 Å². The highest BCUT2D eigenvalue weighted by Crippen LogP contribution is 2.16. The monoisotopic (exact) mass is 296 g/mol. The Labute approximate surface area is 127 Å². The summed E-state index contributed by atoms with van der Waals surface area (Å²) >= 11 is 0. The Hall–Kier alpha value is -1.14. The number of imide groups is 1. The van der Waals surface area contributed by atoms with Gasteiger partial charge in [0.2, 0.25) is 0 Å². The molecule has 2 N–H and O–H groups in total. The SMILES string of the molecule is CCN(CCN1C(=O)NC(C)(C)C1=O)CC1CCCCN1. The quantitative estimate of drug-likeness (QED) is 0.711. The summed E-state index contributed by atoms with van der Waals surface area (Å²) in [5, 5.41) is 6.26. The van der Waals surface area contributed by atoms with Crippen molar-refractivity contribution in [1.82, 2.24) is 20.4 Å². The van der Waals surface area contributed by atoms with E-state index in [2.05, 4.69) is 22.5 Å². The van der Waals surface area contributed by atoms with Gasteiger partial charge in [-0.3, -0.25) is 9.69 Å². The minimum absolute atomic E-state index is 0.126. The Balaban J connectivity index is 1.82. The van der Waals surface area contributed by atoms with Crippen LogP contribution in [0.5, 0.6) is 0 Å². The number of amides is 3. The molecule has 2 heterocycles. The molecule has 0 aromatic heterocycles. The summed E-state index contributed by atoms with van der Waals surface area (Å²) in [5.41, 5.74) is -0.765. The molecular formula is C15H28N4O2. The van der Waals surface area contributed by atoms with Crippen LogP contribution in [0.4, 0.5) is 4.79 Å². The summed E-state index contributed by atoms with van der Waals surface area (Å²) in [6.07, 6.45) is 3.77. The molecule has 2 rings (SSSR count). The molecule has 21 heavy (non-hydrogen) atoms. The van der Waals surface area contributed by atoms with Crippen molar-refractivity contribution in [3.8, 4) is 0 Å². The maximum absolute atomic E-state index is 12.1. The molecule has 6 heteroatoms. The summed E-state index contributed by atoms with van der Waals surface area (Å²) in [5.74, 6) is -0.126. The lowest BCUT2D eigenvalue weighted by Gasteiger charge is -2.30. The first-order valence-electron chi connectivity index (χ1n) is 8.04. The molecule has 1 atom stereocenters. The maximum atomic E-state index is 12.1. The largest absolute Gasteiger partial charge is 0.325 e. The Morgan fingerprint density at radius 2 is 2.10 bits per heavy atom. The van der Waals surface area contributed by atoms with Crippen LogP contribution >= 0.6 is 0 Å². The molecule has 2 aliphatic rings. The molecule has 6 nitrogen and oxygen atoms in total. The van der Waals surface area contributed by atoms with Gasteiger partial charge in [0, 0.05) is 25.7 Å². The van der Waals surface area contributed by atoms with Crippen LogP contribution in [0.3, 0.4) is 0 Å². The average Bonchev–Trinajstić information content (AvgIpc) is 2.65. The highest BCUT2D eigenvalue weighted by atomic mass is 16.2. The lowest BCUT2D eigenvalue weighted by atomic mass is 10.0. The van der Waals surface area contributed by atoms with Crippen LogP contribution in [0, 0.1) is 0 Å². The molecule has 0 saturated carbocycles. The highest BCUT2D eigenvalue weighted by molar-refractivity contribution is 6.06. The van der Waals surface area contributed by atoms with Crippen LogP contribution in [-0.4, -0.2) is 66.0 Å². The van der Waals surface area contributed by atoms with Gasteiger partial charge in [-0.25, -0.2) is 4.79 Å². The molecule has 0 bridgehead atoms. The van der Waals surface area contributed by atoms with E-state index in [1.807, 2.05) is 0 Å². The van der Waals surface area contributed by atoms with Crippen LogP contribution in [0.15, 0.2) is 0 Å². The van der Waals surface area contributed by atoms with Crippen molar-refractivity contribution in [1.29, 1.82) is 0 Å². The fourth-order valence-corrected chi connectivity index (χ4v) is 3.03. The standard InChI is InChI=1S/C15H28N4O2/c1-4-18(11-12-7-5-6-8-16-12)9-10-19-13(20)15(2,3)17-14(19)21/h12,16H,4-11H2,1-3H3,(H,17,21). The number of carbonyl (C=O) groups excluding carboxylic acids is 2. The first kappa shape index (κ1) is 16.2. The van der Waals surface area contributed by atoms with Crippen molar-refractivity contribution in [2.75, 3.05) is 32.7 Å². The van der Waals surface area contributed by atoms with Crippen LogP contribution in [0.25, 0.3) is 0 Å². The van der Waals surface area contributed by atoms with Gasteiger partial charge in [0.1, 0.15) is 5.54 Å². The zero-order valence-electron chi connectivity index (χ0n) is 13.4. The third-order valence-corrected chi connectivity index (χ3v) is 4.42. The molecule has 0 aromatic carbocycles. The lowest BCUT2D eigenvalue weighted by Crippen LogP contribution is -2.46. The topological polar surface area (TPSA) is 64.7 Å². The number of hydrogen-bond acceptors (Lipinski definition) is 4. The number of urea groups is 1. The van der Waals surface area contributed by atoms with Gasteiger partial charge in [0.15, 0.2) is 0 Å². The van der Waals surface area contributed by atoms with Crippen LogP contribution in [0.2, 0.25) is 0 Å². The molecule has 0 radical (unpaired) electrons. The fraction of sp³-hybridized carbons (Fsp3) is 0.867. The van der Waals surface area contributed by atoms with E-state index < -0.39 is 5.54 Å². The summed E-state index contributed by atoms with van der Waals surface area (Å²) in [6, 6.07) is 0.273. The molecule has 1 unspecified atom stereocenters. The van der Waals surface area contributed by atoms with Crippen molar-refractivity contribution < 1.29 is 9.59 Å². The number of hydrogen-bond donors (Lipinski definition) is 2. The second kappa shape index (κ2) is 6.75. The zero-order valence-corrected chi connectivity index (χ0v) is 13.4. The van der Waals surface area contributed by atoms with Gasteiger partial charge < -0.3 is 15.5 Å². The van der Waals surface area contributed by atoms with Crippen LogP contribution < -0.4 is 10.6 Å². The number of carbonyl (C=O) groups is 2. The maximum Gasteiger partial charge on any atom is 0.325 e. The summed E-state index contributed by atoms with van der Waals surface area (Å²) in [4.78, 5) is 27.7. The van der Waals surface area contributed by atoms with Crippen LogP contribution in [0.1, 0.15) is 40.0 Å². The predicted molar refractivity (Wildman–Crippen MR) is 82.1 cm³/mol. The van der Waals surface area contributed by atoms with Gasteiger partial charge >= 0.3 is 6.03 Å². The first-order valence-corrected chi connectivity index (χ1v) is 8.04. The van der Waals surface area contributed by atoms with Crippen molar-refractivity contribution in [2.24, 2.45) is 0 Å². The summed E-state index contributed by atoms with van der Waals surface area (Å²) in [7, 11) is 0. The number of rotatable bonds is 6. The van der Waals surface area contributed by atoms with Crippen molar-refractivity contribution in [2.45, 2.75) is 51.6 Å². The number of nitrogens with one attached hydrogen (secondary N) is 2. The third kappa shape index (κ3) is 3.95. The van der Waals surface area contributed by atoms with E-state index in [9.17, 15) is 9.59 Å². The van der Waals surface area contributed by atoms with E-state index >= 15 is 0 Å². The molecular weight excluding hydrogens is 268 g/mol. The van der Waals surface area contributed by atoms with Gasteiger partial charge in [0.05, 0.1) is 0 Å². The second-order valence-corrected chi connectivity index (χ2v) is 6.55. The van der Waals surface area contributed by atoms with E-state index in [1.165, 1.54) is 24.2 Å². The van der Waals surface area contributed by atoms with E-state index in [-0.39, 0.29) is 11.9 Å². The highest BCUT2D eigenvalue weighted by Gasteiger charge is 2.43. The summed E-state index contributed by atoms with van der Waals surface area (Å²) < 4.78 is 0. The van der Waals surface area contributed by atoms with Gasteiger partial charge in [-0.2, -0.15) is 0 Å². The average molecular weight is 296 g/mol. The van der Waals surface area contributed by atoms with Crippen molar-refractivity contribution >= 4 is 11.9 Å². The first-order chi connectivity index (χ1) is 9.94. The minimum atomic E-state index is -0.765. The van der Waals surface area contributed by atoms with Gasteiger partial charge in [-0.1, -0.05) is 13.3 Å². The molecule has 0 aliphatic carbocycles. The normalized spacial score (nSPS) is 25.5. The molecule has 0 spiro atoms. The third-order valence-electron chi connectivity index (χ3n) is 4.42. The molecule has 2 aliphatic heterocycles. The molecule has 2 saturated heterocycles. The van der Waals surface area contributed by atoms with E-state index in [4.69, 9.17) is 0 Å². The van der Waals surface area contributed by atoms with E-state index in [0.717, 1.165) is 26.2 Å². The van der Waals surface area contributed by atoms with Gasteiger partial charge in [0.25, 0.3) is 5.91 Å². The molecule has 120 valence electrons. The molecule has 2 fully saturated rings. The minimum Gasteiger partial charge on any atom is -0.324 e. The lowest BCUT2D eigenvalue weighted by molar-refractivity contribution is -0.130. The summed E-state index contributed by atoms with van der Waals surface area (Å²) in [6.45, 7) is 9.85. The molecule has 3 amide bonds. The zero-order chi connectivity index (χ0) is 15.5. The predicted octanol–water partition coefficient (Wildman–Crippen LogP) is 0.781. The number of nitrogens with zero attached hydrogens (tertiary/aromatic N) is 2. The van der Waals surface area contributed by atoms with Crippen LogP contribution in [-0.2, 0) is 4.79 Å².